The standard InChI is InChI=1S/C23H24N2OS/c1-3-22-24-17(15-27-22)9-7-8-16-12-13-19-18-10-5-6-11-20(18)23(21(19)14-16)25-26-4-2/h5-6,10-15H,3-4,7-9H2,1-2H3/b25-23-. The number of rotatable bonds is 7. The lowest BCUT2D eigenvalue weighted by Gasteiger charge is -2.06. The van der Waals surface area contributed by atoms with Crippen molar-refractivity contribution in [2.45, 2.75) is 39.5 Å². The van der Waals surface area contributed by atoms with Gasteiger partial charge in [-0.05, 0) is 55.4 Å². The first-order valence-electron chi connectivity index (χ1n) is 9.66. The second-order valence-electron chi connectivity index (χ2n) is 6.72. The minimum atomic E-state index is 0.577. The quantitative estimate of drug-likeness (QED) is 0.391. The van der Waals surface area contributed by atoms with Gasteiger partial charge in [0.1, 0.15) is 12.3 Å². The number of oxime groups is 1. The van der Waals surface area contributed by atoms with E-state index < -0.39 is 0 Å². The van der Waals surface area contributed by atoms with Gasteiger partial charge in [0.05, 0.1) is 10.7 Å². The first-order valence-corrected chi connectivity index (χ1v) is 10.5. The van der Waals surface area contributed by atoms with Crippen LogP contribution in [0.25, 0.3) is 11.1 Å². The first kappa shape index (κ1) is 17.9. The van der Waals surface area contributed by atoms with E-state index in [2.05, 4.69) is 64.9 Å². The van der Waals surface area contributed by atoms with Crippen LogP contribution in [0.3, 0.4) is 0 Å². The Labute approximate surface area is 164 Å². The summed E-state index contributed by atoms with van der Waals surface area (Å²) in [5.74, 6) is 0. The average molecular weight is 377 g/mol. The maximum Gasteiger partial charge on any atom is 0.118 e. The topological polar surface area (TPSA) is 34.5 Å². The molecule has 0 unspecified atom stereocenters. The number of aryl methyl sites for hydroxylation is 3. The minimum absolute atomic E-state index is 0.577. The highest BCUT2D eigenvalue weighted by atomic mass is 32.1. The zero-order valence-corrected chi connectivity index (χ0v) is 16.7. The molecule has 4 rings (SSSR count). The molecule has 27 heavy (non-hydrogen) atoms. The average Bonchev–Trinajstić information content (AvgIpc) is 3.28. The Morgan fingerprint density at radius 2 is 1.78 bits per heavy atom. The molecule has 3 nitrogen and oxygen atoms in total. The summed E-state index contributed by atoms with van der Waals surface area (Å²) in [7, 11) is 0. The Hall–Kier alpha value is -2.46. The Kier molecular flexibility index (Phi) is 5.35. The lowest BCUT2D eigenvalue weighted by Crippen LogP contribution is -2.01. The molecule has 4 heteroatoms. The van der Waals surface area contributed by atoms with Crippen LogP contribution in [-0.4, -0.2) is 17.3 Å². The smallest absolute Gasteiger partial charge is 0.118 e. The van der Waals surface area contributed by atoms with Gasteiger partial charge in [0.25, 0.3) is 0 Å². The van der Waals surface area contributed by atoms with Crippen molar-refractivity contribution in [3.63, 3.8) is 0 Å². The summed E-state index contributed by atoms with van der Waals surface area (Å²) in [6.07, 6.45) is 4.22. The molecule has 0 atom stereocenters. The van der Waals surface area contributed by atoms with Gasteiger partial charge in [0.2, 0.25) is 0 Å². The third kappa shape index (κ3) is 3.67. The second kappa shape index (κ2) is 8.05. The zero-order chi connectivity index (χ0) is 18.6. The molecule has 0 bridgehead atoms. The number of nitrogens with zero attached hydrogens (tertiary/aromatic N) is 2. The van der Waals surface area contributed by atoms with Gasteiger partial charge in [0.15, 0.2) is 0 Å². The van der Waals surface area contributed by atoms with Crippen LogP contribution in [0.1, 0.15) is 47.7 Å². The summed E-state index contributed by atoms with van der Waals surface area (Å²) in [4.78, 5) is 10.1. The molecule has 3 aromatic rings. The van der Waals surface area contributed by atoms with Crippen molar-refractivity contribution in [2.75, 3.05) is 6.61 Å². The van der Waals surface area contributed by atoms with E-state index in [9.17, 15) is 0 Å². The van der Waals surface area contributed by atoms with E-state index >= 15 is 0 Å². The van der Waals surface area contributed by atoms with Crippen LogP contribution in [0.2, 0.25) is 0 Å². The highest BCUT2D eigenvalue weighted by Crippen LogP contribution is 2.37. The van der Waals surface area contributed by atoms with E-state index in [1.165, 1.54) is 33.0 Å². The van der Waals surface area contributed by atoms with Gasteiger partial charge < -0.3 is 4.84 Å². The van der Waals surface area contributed by atoms with Gasteiger partial charge in [-0.1, -0.05) is 48.5 Å². The number of aromatic nitrogens is 1. The summed E-state index contributed by atoms with van der Waals surface area (Å²) in [6, 6.07) is 15.2. The van der Waals surface area contributed by atoms with E-state index in [1.807, 2.05) is 6.92 Å². The number of thiazole rings is 1. The third-order valence-corrected chi connectivity index (χ3v) is 5.94. The zero-order valence-electron chi connectivity index (χ0n) is 15.9. The van der Waals surface area contributed by atoms with E-state index in [1.54, 1.807) is 11.3 Å². The predicted molar refractivity (Wildman–Crippen MR) is 113 cm³/mol. The highest BCUT2D eigenvalue weighted by molar-refractivity contribution is 7.09. The maximum absolute atomic E-state index is 5.40. The normalized spacial score (nSPS) is 13.6. The molecule has 1 aliphatic carbocycles. The third-order valence-electron chi connectivity index (χ3n) is 4.90. The van der Waals surface area contributed by atoms with Gasteiger partial charge in [-0.2, -0.15) is 0 Å². The fourth-order valence-electron chi connectivity index (χ4n) is 3.57. The van der Waals surface area contributed by atoms with Crippen molar-refractivity contribution < 1.29 is 4.84 Å². The molecule has 0 amide bonds. The Balaban J connectivity index is 1.53. The minimum Gasteiger partial charge on any atom is -0.396 e. The van der Waals surface area contributed by atoms with Gasteiger partial charge >= 0.3 is 0 Å². The number of fused-ring (bicyclic) bond motifs is 3. The predicted octanol–water partition coefficient (Wildman–Crippen LogP) is 5.65. The second-order valence-corrected chi connectivity index (χ2v) is 7.67. The number of hydrogen-bond donors (Lipinski definition) is 0. The molecule has 138 valence electrons. The van der Waals surface area contributed by atoms with Crippen LogP contribution >= 0.6 is 11.3 Å². The number of benzene rings is 2. The van der Waals surface area contributed by atoms with Crippen LogP contribution in [0.15, 0.2) is 53.0 Å². The highest BCUT2D eigenvalue weighted by Gasteiger charge is 2.25. The molecule has 0 aliphatic heterocycles. The number of hydrogen-bond acceptors (Lipinski definition) is 4. The van der Waals surface area contributed by atoms with Crippen LogP contribution in [0.4, 0.5) is 0 Å². The van der Waals surface area contributed by atoms with Crippen molar-refractivity contribution >= 4 is 17.0 Å². The van der Waals surface area contributed by atoms with Crippen molar-refractivity contribution in [1.29, 1.82) is 0 Å². The van der Waals surface area contributed by atoms with Crippen LogP contribution in [0, 0.1) is 0 Å². The van der Waals surface area contributed by atoms with Gasteiger partial charge in [-0.25, -0.2) is 4.98 Å². The van der Waals surface area contributed by atoms with Crippen molar-refractivity contribution in [3.05, 3.63) is 75.2 Å². The lowest BCUT2D eigenvalue weighted by molar-refractivity contribution is 0.159. The van der Waals surface area contributed by atoms with Crippen LogP contribution in [-0.2, 0) is 24.1 Å². The largest absolute Gasteiger partial charge is 0.396 e. The molecular formula is C23H24N2OS. The fraction of sp³-hybridized carbons (Fsp3) is 0.304. The lowest BCUT2D eigenvalue weighted by atomic mass is 10.00. The molecule has 1 heterocycles. The molecule has 1 aliphatic rings. The molecule has 0 spiro atoms. The molecule has 0 N–H and O–H groups in total. The molecule has 0 radical (unpaired) electrons. The summed E-state index contributed by atoms with van der Waals surface area (Å²) < 4.78 is 0. The SMILES string of the molecule is CCO/N=C1/c2ccccc2-c2ccc(CCCc3csc(CC)n3)cc21. The van der Waals surface area contributed by atoms with E-state index in [4.69, 9.17) is 4.84 Å². The fourth-order valence-corrected chi connectivity index (χ4v) is 4.35. The monoisotopic (exact) mass is 376 g/mol. The molecule has 1 aromatic heterocycles. The Bertz CT molecular complexity index is 974. The van der Waals surface area contributed by atoms with E-state index in [0.717, 1.165) is 37.0 Å². The molecule has 0 saturated heterocycles. The molecule has 2 aromatic carbocycles. The van der Waals surface area contributed by atoms with Gasteiger partial charge in [-0.15, -0.1) is 11.3 Å². The van der Waals surface area contributed by atoms with E-state index in [-0.39, 0.29) is 0 Å². The molecular weight excluding hydrogens is 352 g/mol. The summed E-state index contributed by atoms with van der Waals surface area (Å²) in [5.41, 5.74) is 8.36. The van der Waals surface area contributed by atoms with Crippen molar-refractivity contribution in [1.82, 2.24) is 4.98 Å². The molecule has 0 fully saturated rings. The van der Waals surface area contributed by atoms with Gasteiger partial charge in [0, 0.05) is 16.5 Å². The van der Waals surface area contributed by atoms with Crippen molar-refractivity contribution in [3.8, 4) is 11.1 Å². The maximum atomic E-state index is 5.40. The van der Waals surface area contributed by atoms with Crippen molar-refractivity contribution in [2.24, 2.45) is 5.16 Å². The Morgan fingerprint density at radius 1 is 0.963 bits per heavy atom. The first-order chi connectivity index (χ1) is 13.3. The summed E-state index contributed by atoms with van der Waals surface area (Å²) in [5, 5.41) is 7.85. The van der Waals surface area contributed by atoms with Crippen LogP contribution < -0.4 is 0 Å². The van der Waals surface area contributed by atoms with Crippen LogP contribution in [0.5, 0.6) is 0 Å². The van der Waals surface area contributed by atoms with Gasteiger partial charge in [-0.3, -0.25) is 0 Å². The summed E-state index contributed by atoms with van der Waals surface area (Å²) in [6.45, 7) is 4.70. The van der Waals surface area contributed by atoms with E-state index in [0.29, 0.717) is 6.61 Å². The Morgan fingerprint density at radius 3 is 2.56 bits per heavy atom. The molecule has 0 saturated carbocycles. The summed E-state index contributed by atoms with van der Waals surface area (Å²) >= 11 is 1.77.